The summed E-state index contributed by atoms with van der Waals surface area (Å²) < 4.78 is 0. The molecule has 2 fully saturated rings. The molecular formula is C17H20N2O. The van der Waals surface area contributed by atoms with Gasteiger partial charge in [-0.2, -0.15) is 0 Å². The first kappa shape index (κ1) is 13.2. The molecule has 0 unspecified atom stereocenters. The highest BCUT2D eigenvalue weighted by molar-refractivity contribution is 5.92. The maximum atomic E-state index is 11.3. The number of terminal acetylenes is 1. The van der Waals surface area contributed by atoms with Crippen molar-refractivity contribution in [1.82, 2.24) is 4.90 Å². The van der Waals surface area contributed by atoms with Crippen molar-refractivity contribution in [3.63, 3.8) is 0 Å². The molecule has 0 aliphatic carbocycles. The van der Waals surface area contributed by atoms with Gasteiger partial charge in [0.1, 0.15) is 0 Å². The molecule has 2 saturated heterocycles. The second kappa shape index (κ2) is 5.30. The number of hydrogen-bond acceptors (Lipinski definition) is 2. The Bertz CT molecular complexity index is 546. The Morgan fingerprint density at radius 3 is 2.65 bits per heavy atom. The highest BCUT2D eigenvalue weighted by atomic mass is 16.1. The van der Waals surface area contributed by atoms with Crippen LogP contribution in [0.4, 0.5) is 0 Å². The minimum Gasteiger partial charge on any atom is -0.366 e. The lowest BCUT2D eigenvalue weighted by Gasteiger charge is -2.38. The number of piperidine rings is 1. The van der Waals surface area contributed by atoms with Gasteiger partial charge in [-0.05, 0) is 49.3 Å². The van der Waals surface area contributed by atoms with Crippen LogP contribution in [0, 0.1) is 12.3 Å². The van der Waals surface area contributed by atoms with Crippen molar-refractivity contribution in [2.24, 2.45) is 5.73 Å². The third-order valence-corrected chi connectivity index (χ3v) is 4.80. The van der Waals surface area contributed by atoms with Crippen LogP contribution in [0.3, 0.4) is 0 Å². The Labute approximate surface area is 120 Å². The third-order valence-electron chi connectivity index (χ3n) is 4.80. The number of benzene rings is 1. The van der Waals surface area contributed by atoms with Gasteiger partial charge in [-0.3, -0.25) is 9.69 Å². The number of nitrogens with zero attached hydrogens (tertiary/aromatic N) is 1. The van der Waals surface area contributed by atoms with Crippen molar-refractivity contribution < 1.29 is 4.79 Å². The molecule has 2 bridgehead atoms. The molecule has 3 heteroatoms. The van der Waals surface area contributed by atoms with Crippen molar-refractivity contribution in [2.45, 2.75) is 43.7 Å². The van der Waals surface area contributed by atoms with Gasteiger partial charge in [0.25, 0.3) is 0 Å². The standard InChI is InChI=1S/C17H20N2O/c1-2-8-19-15-6-7-16(19)11-14(10-15)12-4-3-5-13(9-12)17(18)20/h1,3-5,9,14-16H,6-8,10-11H2,(H2,18,20)/t14-,15+,16-. The predicted molar refractivity (Wildman–Crippen MR) is 79.3 cm³/mol. The average Bonchev–Trinajstić information content (AvgIpc) is 2.70. The summed E-state index contributed by atoms with van der Waals surface area (Å²) in [6, 6.07) is 9.01. The van der Waals surface area contributed by atoms with Crippen LogP contribution in [-0.2, 0) is 0 Å². The van der Waals surface area contributed by atoms with E-state index in [0.717, 1.165) is 19.4 Å². The summed E-state index contributed by atoms with van der Waals surface area (Å²) in [7, 11) is 0. The van der Waals surface area contributed by atoms with Crippen LogP contribution in [0.5, 0.6) is 0 Å². The summed E-state index contributed by atoms with van der Waals surface area (Å²) in [5.41, 5.74) is 7.23. The Morgan fingerprint density at radius 2 is 2.05 bits per heavy atom. The molecule has 104 valence electrons. The van der Waals surface area contributed by atoms with E-state index in [1.165, 1.54) is 18.4 Å². The number of carbonyl (C=O) groups excluding carboxylic acids is 1. The first-order chi connectivity index (χ1) is 9.69. The van der Waals surface area contributed by atoms with E-state index in [0.29, 0.717) is 23.6 Å². The second-order valence-corrected chi connectivity index (χ2v) is 5.92. The van der Waals surface area contributed by atoms with Gasteiger partial charge in [-0.15, -0.1) is 6.42 Å². The third kappa shape index (κ3) is 2.32. The maximum absolute atomic E-state index is 11.3. The minimum atomic E-state index is -0.348. The Balaban J connectivity index is 1.79. The minimum absolute atomic E-state index is 0.348. The Kier molecular flexibility index (Phi) is 3.50. The van der Waals surface area contributed by atoms with Gasteiger partial charge in [0, 0.05) is 17.6 Å². The molecule has 3 nitrogen and oxygen atoms in total. The topological polar surface area (TPSA) is 46.3 Å². The molecule has 1 aromatic carbocycles. The molecule has 2 aliphatic heterocycles. The summed E-state index contributed by atoms with van der Waals surface area (Å²) in [4.78, 5) is 13.8. The average molecular weight is 268 g/mol. The highest BCUT2D eigenvalue weighted by Crippen LogP contribution is 2.42. The molecule has 1 aromatic rings. The zero-order valence-corrected chi connectivity index (χ0v) is 11.6. The van der Waals surface area contributed by atoms with E-state index >= 15 is 0 Å². The van der Waals surface area contributed by atoms with Gasteiger partial charge in [0.05, 0.1) is 6.54 Å². The molecule has 20 heavy (non-hydrogen) atoms. The molecule has 2 heterocycles. The van der Waals surface area contributed by atoms with Crippen LogP contribution >= 0.6 is 0 Å². The molecule has 0 radical (unpaired) electrons. The lowest BCUT2D eigenvalue weighted by atomic mass is 9.84. The lowest BCUT2D eigenvalue weighted by molar-refractivity contribution is 0.1000. The molecular weight excluding hydrogens is 248 g/mol. The number of fused-ring (bicyclic) bond motifs is 2. The van der Waals surface area contributed by atoms with Gasteiger partial charge >= 0.3 is 0 Å². The number of carbonyl (C=O) groups is 1. The van der Waals surface area contributed by atoms with Crippen molar-refractivity contribution >= 4 is 5.91 Å². The van der Waals surface area contributed by atoms with Crippen LogP contribution in [0.15, 0.2) is 24.3 Å². The Morgan fingerprint density at radius 1 is 1.35 bits per heavy atom. The normalized spacial score (nSPS) is 29.1. The van der Waals surface area contributed by atoms with Crippen LogP contribution in [0.25, 0.3) is 0 Å². The van der Waals surface area contributed by atoms with E-state index in [4.69, 9.17) is 12.2 Å². The summed E-state index contributed by atoms with van der Waals surface area (Å²) >= 11 is 0. The van der Waals surface area contributed by atoms with Gasteiger partial charge in [0.15, 0.2) is 0 Å². The largest absolute Gasteiger partial charge is 0.366 e. The van der Waals surface area contributed by atoms with Gasteiger partial charge in [-0.1, -0.05) is 18.1 Å². The Hall–Kier alpha value is -1.79. The lowest BCUT2D eigenvalue weighted by Crippen LogP contribution is -2.42. The van der Waals surface area contributed by atoms with E-state index in [1.807, 2.05) is 12.1 Å². The fourth-order valence-electron chi connectivity index (χ4n) is 3.86. The number of rotatable bonds is 3. The fourth-order valence-corrected chi connectivity index (χ4v) is 3.86. The van der Waals surface area contributed by atoms with E-state index in [1.54, 1.807) is 6.07 Å². The first-order valence-corrected chi connectivity index (χ1v) is 7.28. The zero-order chi connectivity index (χ0) is 14.1. The molecule has 3 rings (SSSR count). The number of nitrogens with two attached hydrogens (primary N) is 1. The smallest absolute Gasteiger partial charge is 0.248 e. The van der Waals surface area contributed by atoms with Crippen LogP contribution < -0.4 is 5.73 Å². The zero-order valence-electron chi connectivity index (χ0n) is 11.6. The monoisotopic (exact) mass is 268 g/mol. The van der Waals surface area contributed by atoms with Gasteiger partial charge in [0.2, 0.25) is 5.91 Å². The SMILES string of the molecule is C#CCN1[C@@H]2CC[C@H]1C[C@@H](c1cccc(C(N)=O)c1)C2. The number of primary amides is 1. The molecule has 2 aliphatic rings. The maximum Gasteiger partial charge on any atom is 0.248 e. The highest BCUT2D eigenvalue weighted by Gasteiger charge is 2.40. The molecule has 1 amide bonds. The second-order valence-electron chi connectivity index (χ2n) is 5.92. The quantitative estimate of drug-likeness (QED) is 0.854. The number of hydrogen-bond donors (Lipinski definition) is 1. The van der Waals surface area contributed by atoms with Crippen molar-refractivity contribution in [1.29, 1.82) is 0 Å². The summed E-state index contributed by atoms with van der Waals surface area (Å²) in [6.07, 6.45) is 10.2. The van der Waals surface area contributed by atoms with Crippen molar-refractivity contribution in [2.75, 3.05) is 6.54 Å². The molecule has 0 spiro atoms. The molecule has 0 saturated carbocycles. The van der Waals surface area contributed by atoms with Gasteiger partial charge in [-0.25, -0.2) is 0 Å². The fraction of sp³-hybridized carbons (Fsp3) is 0.471. The van der Waals surface area contributed by atoms with Crippen LogP contribution in [0.1, 0.15) is 47.5 Å². The molecule has 2 N–H and O–H groups in total. The van der Waals surface area contributed by atoms with Crippen molar-refractivity contribution in [3.8, 4) is 12.3 Å². The summed E-state index contributed by atoms with van der Waals surface area (Å²) in [5.74, 6) is 2.96. The van der Waals surface area contributed by atoms with Gasteiger partial charge < -0.3 is 5.73 Å². The molecule has 3 atom stereocenters. The van der Waals surface area contributed by atoms with E-state index < -0.39 is 0 Å². The van der Waals surface area contributed by atoms with E-state index in [2.05, 4.69) is 16.9 Å². The van der Waals surface area contributed by atoms with E-state index in [9.17, 15) is 4.79 Å². The van der Waals surface area contributed by atoms with Crippen LogP contribution in [0.2, 0.25) is 0 Å². The predicted octanol–water partition coefficient (Wildman–Crippen LogP) is 2.13. The van der Waals surface area contributed by atoms with E-state index in [-0.39, 0.29) is 5.91 Å². The number of amides is 1. The summed E-state index contributed by atoms with van der Waals surface area (Å²) in [6.45, 7) is 0.767. The van der Waals surface area contributed by atoms with Crippen molar-refractivity contribution in [3.05, 3.63) is 35.4 Å². The summed E-state index contributed by atoms with van der Waals surface area (Å²) in [5, 5.41) is 0. The first-order valence-electron chi connectivity index (χ1n) is 7.28. The molecule has 0 aromatic heterocycles. The van der Waals surface area contributed by atoms with Crippen LogP contribution in [-0.4, -0.2) is 29.4 Å².